The summed E-state index contributed by atoms with van der Waals surface area (Å²) >= 11 is 6.41. The number of carboxylic acids is 1. The van der Waals surface area contributed by atoms with Crippen molar-refractivity contribution in [2.24, 2.45) is 16.6 Å². The van der Waals surface area contributed by atoms with Crippen molar-refractivity contribution in [3.05, 3.63) is 71.0 Å². The fourth-order valence-corrected chi connectivity index (χ4v) is 7.21. The highest BCUT2D eigenvalue weighted by Crippen LogP contribution is 2.35. The van der Waals surface area contributed by atoms with Gasteiger partial charge in [0.15, 0.2) is 6.33 Å². The third-order valence-electron chi connectivity index (χ3n) is 6.79. The summed E-state index contributed by atoms with van der Waals surface area (Å²) in [6.07, 6.45) is 0.181. The first kappa shape index (κ1) is 39.4. The lowest BCUT2D eigenvalue weighted by molar-refractivity contribution is -0.142. The van der Waals surface area contributed by atoms with Crippen LogP contribution in [0.25, 0.3) is 0 Å². The molecule has 3 amide bonds. The second kappa shape index (κ2) is 18.1. The molecule has 2 unspecified atom stereocenters. The average molecular weight is 732 g/mol. The number of anilines is 1. The minimum atomic E-state index is -1.37. The van der Waals surface area contributed by atoms with Crippen LogP contribution in [-0.2, 0) is 19.2 Å². The third-order valence-corrected chi connectivity index (χ3v) is 10.4. The highest BCUT2D eigenvalue weighted by Gasteiger charge is 2.38. The molecule has 14 nitrogen and oxygen atoms in total. The van der Waals surface area contributed by atoms with Crippen LogP contribution < -0.4 is 16.0 Å². The maximum atomic E-state index is 14.3. The summed E-state index contributed by atoms with van der Waals surface area (Å²) in [5, 5.41) is 24.8. The van der Waals surface area contributed by atoms with E-state index in [-0.39, 0.29) is 17.1 Å². The van der Waals surface area contributed by atoms with Gasteiger partial charge >= 0.3 is 5.97 Å². The zero-order valence-electron chi connectivity index (χ0n) is 28.2. The van der Waals surface area contributed by atoms with Crippen LogP contribution in [0.3, 0.4) is 0 Å². The van der Waals surface area contributed by atoms with Crippen molar-refractivity contribution in [2.75, 3.05) is 24.2 Å². The molecular formula is C32H42ClN9O5S2. The number of aromatic amines is 1. The van der Waals surface area contributed by atoms with Gasteiger partial charge in [-0.15, -0.1) is 10.2 Å². The number of fused-ring (bicyclic) bond motifs is 1. The van der Waals surface area contributed by atoms with E-state index in [0.717, 1.165) is 0 Å². The van der Waals surface area contributed by atoms with E-state index in [9.17, 15) is 24.3 Å². The molecule has 1 aliphatic rings. The van der Waals surface area contributed by atoms with Gasteiger partial charge in [0.2, 0.25) is 18.0 Å². The number of carbonyl (C=O) groups is 4. The SMILES string of the molecule is CC(C)C[C@H](NC(=O)CN1C(=O)C(N(C)C(=O)C(N)CSSC(C)(C)C)N=C(c2ccccc2)c2cc(Cl)ccc21)C(=O)O.c1nn[nH]n1. The van der Waals surface area contributed by atoms with Gasteiger partial charge < -0.3 is 21.1 Å². The van der Waals surface area contributed by atoms with Crippen molar-refractivity contribution in [3.8, 4) is 0 Å². The molecule has 0 radical (unpaired) electrons. The predicted molar refractivity (Wildman–Crippen MR) is 193 cm³/mol. The largest absolute Gasteiger partial charge is 0.480 e. The van der Waals surface area contributed by atoms with Crippen LogP contribution >= 0.6 is 33.2 Å². The number of benzodiazepines with no additional fused rings is 1. The number of nitrogens with one attached hydrogen (secondary N) is 2. The molecule has 0 fully saturated rings. The summed E-state index contributed by atoms with van der Waals surface area (Å²) in [5.74, 6) is -2.65. The van der Waals surface area contributed by atoms with E-state index in [1.54, 1.807) is 29.0 Å². The molecule has 5 N–H and O–H groups in total. The van der Waals surface area contributed by atoms with Gasteiger partial charge in [-0.1, -0.05) is 103 Å². The number of benzene rings is 2. The summed E-state index contributed by atoms with van der Waals surface area (Å²) in [6, 6.07) is 12.0. The first-order valence-electron chi connectivity index (χ1n) is 15.3. The highest BCUT2D eigenvalue weighted by atomic mass is 35.5. The quantitative estimate of drug-likeness (QED) is 0.198. The molecule has 0 spiro atoms. The Hall–Kier alpha value is -3.99. The van der Waals surface area contributed by atoms with Crippen molar-refractivity contribution in [1.29, 1.82) is 0 Å². The van der Waals surface area contributed by atoms with Crippen LogP contribution in [-0.4, -0.2) is 102 Å². The fraction of sp³-hybridized carbons (Fsp3) is 0.438. The van der Waals surface area contributed by atoms with Crippen LogP contribution in [0.5, 0.6) is 0 Å². The Kier molecular flexibility index (Phi) is 14.6. The van der Waals surface area contributed by atoms with Crippen LogP contribution in [0.2, 0.25) is 5.02 Å². The standard InChI is InChI=1S/C31H40ClN5O5S2.CH2N4/c1-18(2)14-23(30(41)42)34-25(38)16-37-24-13-12-20(32)15-21(24)26(19-10-8-7-9-11-19)35-27(29(37)40)36(6)28(39)22(33)17-43-44-31(3,4)5;1-2-4-5-3-1/h7-13,15,18,22-23,27H,14,16-17,33H2,1-6H3,(H,34,38)(H,41,42);1H,(H,2,3,4,5)/t22?,23-,27?;/m0./s1. The number of carboxylic acid groups (broad SMARTS) is 1. The molecule has 0 saturated heterocycles. The van der Waals surface area contributed by atoms with Crippen LogP contribution in [0.15, 0.2) is 59.9 Å². The number of aliphatic imine (C=N–C) groups is 1. The zero-order valence-corrected chi connectivity index (χ0v) is 30.6. The number of tetrazole rings is 1. The second-order valence-electron chi connectivity index (χ2n) is 12.5. The van der Waals surface area contributed by atoms with E-state index in [0.29, 0.717) is 33.3 Å². The molecule has 264 valence electrons. The number of carbonyl (C=O) groups excluding carboxylic acids is 3. The molecule has 1 aliphatic heterocycles. The van der Waals surface area contributed by atoms with Gasteiger partial charge in [-0.05, 0) is 30.5 Å². The summed E-state index contributed by atoms with van der Waals surface area (Å²) < 4.78 is -0.0333. The number of nitrogens with two attached hydrogens (primary N) is 1. The first-order chi connectivity index (χ1) is 23.1. The number of aliphatic carboxylic acids is 1. The summed E-state index contributed by atoms with van der Waals surface area (Å²) in [6.45, 7) is 9.38. The number of rotatable bonds is 12. The Morgan fingerprint density at radius 1 is 1.16 bits per heavy atom. The third kappa shape index (κ3) is 11.8. The Morgan fingerprint density at radius 2 is 1.86 bits per heavy atom. The lowest BCUT2D eigenvalue weighted by Gasteiger charge is -2.30. The molecular weight excluding hydrogens is 690 g/mol. The highest BCUT2D eigenvalue weighted by molar-refractivity contribution is 8.77. The molecule has 4 rings (SSSR count). The molecule has 1 aromatic heterocycles. The van der Waals surface area contributed by atoms with Crippen molar-refractivity contribution < 1.29 is 24.3 Å². The van der Waals surface area contributed by atoms with Gasteiger partial charge in [0, 0.05) is 33.7 Å². The smallest absolute Gasteiger partial charge is 0.326 e. The number of amides is 3. The molecule has 0 bridgehead atoms. The number of nitrogens with zero attached hydrogens (tertiary/aromatic N) is 6. The lowest BCUT2D eigenvalue weighted by atomic mass is 10.00. The lowest BCUT2D eigenvalue weighted by Crippen LogP contribution is -2.55. The minimum absolute atomic E-state index is 0.00845. The topological polar surface area (TPSA) is 200 Å². The monoisotopic (exact) mass is 731 g/mol. The number of hydrogen-bond acceptors (Lipinski definition) is 11. The van der Waals surface area contributed by atoms with Crippen molar-refractivity contribution in [3.63, 3.8) is 0 Å². The van der Waals surface area contributed by atoms with E-state index in [1.807, 2.05) is 44.2 Å². The summed E-state index contributed by atoms with van der Waals surface area (Å²) in [4.78, 5) is 60.1. The summed E-state index contributed by atoms with van der Waals surface area (Å²) in [5.41, 5.74) is 8.19. The Labute approximate surface area is 298 Å². The molecule has 2 aromatic carbocycles. The zero-order chi connectivity index (χ0) is 36.3. The molecule has 49 heavy (non-hydrogen) atoms. The number of aromatic nitrogens is 4. The van der Waals surface area contributed by atoms with Gasteiger partial charge in [-0.2, -0.15) is 5.21 Å². The van der Waals surface area contributed by atoms with Crippen molar-refractivity contribution in [1.82, 2.24) is 30.8 Å². The first-order valence-corrected chi connectivity index (χ1v) is 18.0. The van der Waals surface area contributed by atoms with Crippen LogP contribution in [0, 0.1) is 5.92 Å². The Balaban J connectivity index is 0.00000119. The minimum Gasteiger partial charge on any atom is -0.480 e. The molecule has 0 saturated carbocycles. The van der Waals surface area contributed by atoms with Gasteiger partial charge in [-0.25, -0.2) is 9.79 Å². The van der Waals surface area contributed by atoms with Crippen molar-refractivity contribution in [2.45, 2.75) is 64.0 Å². The maximum Gasteiger partial charge on any atom is 0.326 e. The van der Waals surface area contributed by atoms with E-state index >= 15 is 0 Å². The van der Waals surface area contributed by atoms with Gasteiger partial charge in [0.1, 0.15) is 12.6 Å². The van der Waals surface area contributed by atoms with Crippen LogP contribution in [0.1, 0.15) is 52.2 Å². The van der Waals surface area contributed by atoms with Gasteiger partial charge in [0.25, 0.3) is 5.91 Å². The van der Waals surface area contributed by atoms with E-state index in [4.69, 9.17) is 22.3 Å². The fourth-order valence-electron chi connectivity index (χ4n) is 4.62. The van der Waals surface area contributed by atoms with E-state index < -0.39 is 48.5 Å². The van der Waals surface area contributed by atoms with E-state index in [1.165, 1.54) is 34.0 Å². The normalized spacial score (nSPS) is 15.6. The average Bonchev–Trinajstić information content (AvgIpc) is 3.60. The molecule has 3 atom stereocenters. The number of likely N-dealkylation sites (N-methyl/N-ethyl adjacent to an activating group) is 1. The molecule has 0 aliphatic carbocycles. The van der Waals surface area contributed by atoms with Gasteiger partial charge in [-0.3, -0.25) is 19.3 Å². The Morgan fingerprint density at radius 3 is 2.41 bits per heavy atom. The summed E-state index contributed by atoms with van der Waals surface area (Å²) in [7, 11) is 4.54. The Bertz CT molecular complexity index is 1590. The van der Waals surface area contributed by atoms with E-state index in [2.05, 4.69) is 46.7 Å². The van der Waals surface area contributed by atoms with Crippen LogP contribution in [0.4, 0.5) is 5.69 Å². The molecule has 17 heteroatoms. The maximum absolute atomic E-state index is 14.3. The number of H-pyrrole nitrogens is 1. The molecule has 2 heterocycles. The van der Waals surface area contributed by atoms with Gasteiger partial charge in [0.05, 0.1) is 17.4 Å². The van der Waals surface area contributed by atoms with Crippen molar-refractivity contribution >= 4 is 68.3 Å². The number of hydrogen-bond donors (Lipinski definition) is 4. The number of halogens is 1. The second-order valence-corrected chi connectivity index (χ2v) is 16.1. The molecule has 3 aromatic rings. The predicted octanol–water partition coefficient (Wildman–Crippen LogP) is 3.63.